The third kappa shape index (κ3) is 33.7. The van der Waals surface area contributed by atoms with E-state index in [4.69, 9.17) is 17.2 Å². The summed E-state index contributed by atoms with van der Waals surface area (Å²) in [7, 11) is 0. The van der Waals surface area contributed by atoms with Crippen LogP contribution in [0.1, 0.15) is 119 Å². The van der Waals surface area contributed by atoms with Crippen molar-refractivity contribution in [2.45, 2.75) is 205 Å². The van der Waals surface area contributed by atoms with Gasteiger partial charge in [-0.25, -0.2) is 0 Å². The van der Waals surface area contributed by atoms with E-state index in [-0.39, 0.29) is 80.3 Å². The number of aliphatic imine (C=N–C) groups is 1. The minimum absolute atomic E-state index is 0.0766. The van der Waals surface area contributed by atoms with E-state index in [1.807, 2.05) is 0 Å². The molecular weight excluding hydrogens is 1360 g/mol. The standard InChI is InChI=1S/C61H100N16O21S2/c1-27(2)19-37(70-55(92)41(23-46(83)84)72-58(95)44(26-100)76-56(93)42(24-78)74-49(86)35(62)11-10-18-65-61(63)64)51(88)66-30(7)48(85)69-38(20-28(3)4)53(90)71-39(21-29(5)6)52(89)68-36(16-17-45(81)82)50(87)77-47(32(9)79)59(96)73-40(22-33-12-14-34(80)15-13-33)54(91)75-43(25-99)57(94)67-31(8)60(97)98/h12-15,27-32,35-44,47,78-80,99-100H,10-11,16-26,62H2,1-9H3,(H,66,88)(H,67,94)(H,68,89)(H,69,85)(H,70,92)(H,71,90)(H,72,95)(H,73,96)(H,74,86)(H,75,91)(H,76,93)(H,77,87)(H,81,82)(H,83,84)(H,97,98)(H4,63,64,65)/t30-,31-,32+,35-,36-,37-,38-,39-,40-,41-,42-,43-,44-,47-/m0/s1. The first-order chi connectivity index (χ1) is 46.6. The van der Waals surface area contributed by atoms with E-state index in [0.29, 0.717) is 5.56 Å². The van der Waals surface area contributed by atoms with Crippen molar-refractivity contribution in [1.29, 1.82) is 0 Å². The Labute approximate surface area is 589 Å². The maximum absolute atomic E-state index is 14.3. The number of guanidine groups is 1. The molecule has 0 aliphatic heterocycles. The van der Waals surface area contributed by atoms with Crippen LogP contribution in [-0.4, -0.2) is 235 Å². The molecule has 0 saturated carbocycles. The van der Waals surface area contributed by atoms with Gasteiger partial charge in [0.05, 0.1) is 25.2 Å². The van der Waals surface area contributed by atoms with E-state index >= 15 is 0 Å². The number of nitrogens with one attached hydrogen (secondary N) is 12. The van der Waals surface area contributed by atoms with Crippen molar-refractivity contribution in [1.82, 2.24) is 63.8 Å². The summed E-state index contributed by atoms with van der Waals surface area (Å²) in [6.45, 7) is 12.7. The summed E-state index contributed by atoms with van der Waals surface area (Å²) in [6.07, 6.45) is -4.49. The number of carbonyl (C=O) groups is 15. The number of nitrogens with two attached hydrogens (primary N) is 3. The molecular formula is C61H100N16O21S2. The predicted molar refractivity (Wildman–Crippen MR) is 366 cm³/mol. The Hall–Kier alpha value is -9.08. The van der Waals surface area contributed by atoms with Gasteiger partial charge < -0.3 is 112 Å². The normalized spacial score (nSPS) is 15.4. The molecule has 1 rings (SSSR count). The van der Waals surface area contributed by atoms with Gasteiger partial charge >= 0.3 is 17.9 Å². The molecule has 0 aliphatic rings. The molecule has 0 aromatic heterocycles. The average molecular weight is 1460 g/mol. The number of phenolic OH excluding ortho intramolecular Hbond substituents is 1. The highest BCUT2D eigenvalue weighted by Gasteiger charge is 2.38. The first kappa shape index (κ1) is 88.9. The zero-order valence-corrected chi connectivity index (χ0v) is 59.0. The minimum Gasteiger partial charge on any atom is -0.508 e. The number of carbonyl (C=O) groups excluding carboxylic acids is 12. The van der Waals surface area contributed by atoms with Crippen molar-refractivity contribution < 1.29 is 103 Å². The van der Waals surface area contributed by atoms with E-state index in [2.05, 4.69) is 94.1 Å². The number of hydrogen-bond donors (Lipinski definition) is 23. The lowest BCUT2D eigenvalue weighted by molar-refractivity contribution is -0.142. The van der Waals surface area contributed by atoms with Crippen LogP contribution in [0.2, 0.25) is 0 Å². The summed E-state index contributed by atoms with van der Waals surface area (Å²) >= 11 is 8.18. The molecule has 0 saturated heterocycles. The van der Waals surface area contributed by atoms with Gasteiger partial charge in [-0.15, -0.1) is 0 Å². The molecule has 0 radical (unpaired) electrons. The second-order valence-electron chi connectivity index (χ2n) is 25.0. The smallest absolute Gasteiger partial charge is 0.325 e. The van der Waals surface area contributed by atoms with E-state index in [9.17, 15) is 103 Å². The van der Waals surface area contributed by atoms with Gasteiger partial charge in [-0.3, -0.25) is 76.9 Å². The molecule has 37 nitrogen and oxygen atoms in total. The van der Waals surface area contributed by atoms with Crippen LogP contribution in [0.15, 0.2) is 29.3 Å². The summed E-state index contributed by atoms with van der Waals surface area (Å²) in [5, 5.41) is 87.8. The Balaban J connectivity index is 3.44. The Morgan fingerprint density at radius 1 is 0.450 bits per heavy atom. The SMILES string of the molecule is CC(C)C[C@H](NC(=O)[C@H](C)NC(=O)[C@H](CC(C)C)NC(=O)[C@H](CC(=O)O)NC(=O)[C@H](CS)NC(=O)[C@H](CO)NC(=O)[C@@H](N)CCCN=C(N)N)C(=O)N[C@@H](CC(C)C)C(=O)N[C@@H](CCC(=O)O)C(=O)N[C@H](C(=O)N[C@@H](Cc1ccc(O)cc1)C(=O)N[C@@H](CS)C(=O)N[C@@H](C)C(=O)O)[C@@H](C)O. The maximum atomic E-state index is 14.3. The topological polar surface area (TPSA) is 612 Å². The van der Waals surface area contributed by atoms with Crippen LogP contribution in [0.25, 0.3) is 0 Å². The van der Waals surface area contributed by atoms with Crippen molar-refractivity contribution in [3.63, 3.8) is 0 Å². The highest BCUT2D eigenvalue weighted by Crippen LogP contribution is 2.15. The van der Waals surface area contributed by atoms with E-state index in [1.54, 1.807) is 41.5 Å². The number of phenols is 1. The van der Waals surface area contributed by atoms with Crippen LogP contribution in [0.4, 0.5) is 0 Å². The third-order valence-corrected chi connectivity index (χ3v) is 15.3. The number of carboxylic acids is 3. The summed E-state index contributed by atoms with van der Waals surface area (Å²) in [5.41, 5.74) is 16.8. The number of benzene rings is 1. The van der Waals surface area contributed by atoms with Crippen molar-refractivity contribution in [3.05, 3.63) is 29.8 Å². The molecule has 100 heavy (non-hydrogen) atoms. The maximum Gasteiger partial charge on any atom is 0.325 e. The van der Waals surface area contributed by atoms with Gasteiger partial charge in [0.2, 0.25) is 70.9 Å². The third-order valence-electron chi connectivity index (χ3n) is 14.6. The number of aliphatic hydroxyl groups excluding tert-OH is 2. The van der Waals surface area contributed by atoms with Crippen LogP contribution in [0.5, 0.6) is 5.75 Å². The monoisotopic (exact) mass is 1460 g/mol. The lowest BCUT2D eigenvalue weighted by atomic mass is 9.99. The highest BCUT2D eigenvalue weighted by atomic mass is 32.1. The summed E-state index contributed by atoms with van der Waals surface area (Å²) in [4.78, 5) is 204. The Kier molecular flexibility index (Phi) is 39.9. The van der Waals surface area contributed by atoms with Crippen molar-refractivity contribution in [3.8, 4) is 5.75 Å². The van der Waals surface area contributed by atoms with Crippen LogP contribution in [-0.2, 0) is 78.3 Å². The zero-order chi connectivity index (χ0) is 76.4. The number of nitrogens with zero attached hydrogens (tertiary/aromatic N) is 1. The summed E-state index contributed by atoms with van der Waals surface area (Å²) in [6, 6.07) is -15.0. The summed E-state index contributed by atoms with van der Waals surface area (Å²) in [5.74, 6) is -19.2. The van der Waals surface area contributed by atoms with Gasteiger partial charge in [0.25, 0.3) is 0 Å². The van der Waals surface area contributed by atoms with Crippen LogP contribution >= 0.6 is 25.3 Å². The first-order valence-corrected chi connectivity index (χ1v) is 33.3. The molecule has 562 valence electrons. The zero-order valence-electron chi connectivity index (χ0n) is 57.2. The van der Waals surface area contributed by atoms with E-state index in [1.165, 1.54) is 38.1 Å². The molecule has 0 fully saturated rings. The molecule has 0 aliphatic carbocycles. The molecule has 39 heteroatoms. The fraction of sp³-hybridized carbons (Fsp3) is 0.639. The van der Waals surface area contributed by atoms with Crippen molar-refractivity contribution >= 4 is 120 Å². The fourth-order valence-electron chi connectivity index (χ4n) is 9.22. The predicted octanol–water partition coefficient (Wildman–Crippen LogP) is -6.03. The van der Waals surface area contributed by atoms with Gasteiger partial charge in [0.15, 0.2) is 5.96 Å². The number of aliphatic hydroxyl groups is 2. The lowest BCUT2D eigenvalue weighted by Crippen LogP contribution is -2.62. The molecule has 14 atom stereocenters. The number of amides is 12. The molecule has 0 spiro atoms. The molecule has 1 aromatic carbocycles. The first-order valence-electron chi connectivity index (χ1n) is 32.0. The van der Waals surface area contributed by atoms with Crippen LogP contribution in [0, 0.1) is 17.8 Å². The van der Waals surface area contributed by atoms with Crippen molar-refractivity contribution in [2.24, 2.45) is 39.9 Å². The molecule has 12 amide bonds. The molecule has 1 aromatic rings. The quantitative estimate of drug-likeness (QED) is 0.0125. The second-order valence-corrected chi connectivity index (χ2v) is 25.7. The summed E-state index contributed by atoms with van der Waals surface area (Å²) < 4.78 is 0. The Bertz CT molecular complexity index is 3010. The number of thiol groups is 2. The minimum atomic E-state index is -1.94. The highest BCUT2D eigenvalue weighted by molar-refractivity contribution is 7.80. The van der Waals surface area contributed by atoms with E-state index in [0.717, 1.165) is 6.92 Å². The molecule has 0 bridgehead atoms. The molecule has 0 unspecified atom stereocenters. The average Bonchev–Trinajstić information content (AvgIpc) is 0.922. The number of aliphatic carboxylic acids is 3. The number of carboxylic acid groups (broad SMARTS) is 3. The largest absolute Gasteiger partial charge is 0.508 e. The Morgan fingerprint density at radius 2 is 0.830 bits per heavy atom. The fourth-order valence-corrected chi connectivity index (χ4v) is 9.74. The van der Waals surface area contributed by atoms with E-state index < -0.39 is 205 Å². The number of rotatable bonds is 46. The number of aromatic hydroxyl groups is 1. The van der Waals surface area contributed by atoms with Gasteiger partial charge in [-0.2, -0.15) is 25.3 Å². The number of hydrogen-bond acceptors (Lipinski definition) is 22. The van der Waals surface area contributed by atoms with Gasteiger partial charge in [0.1, 0.15) is 78.3 Å². The van der Waals surface area contributed by atoms with Gasteiger partial charge in [0, 0.05) is 30.9 Å². The van der Waals surface area contributed by atoms with Gasteiger partial charge in [-0.05, 0) is 94.7 Å². The molecule has 24 N–H and O–H groups in total. The second kappa shape index (κ2) is 44.8. The van der Waals surface area contributed by atoms with Crippen LogP contribution < -0.4 is 81.0 Å². The Morgan fingerprint density at radius 3 is 1.27 bits per heavy atom. The van der Waals surface area contributed by atoms with Crippen molar-refractivity contribution in [2.75, 3.05) is 24.7 Å². The lowest BCUT2D eigenvalue weighted by Gasteiger charge is -2.29. The van der Waals surface area contributed by atoms with Crippen LogP contribution in [0.3, 0.4) is 0 Å². The molecule has 0 heterocycles. The van der Waals surface area contributed by atoms with Gasteiger partial charge in [-0.1, -0.05) is 53.7 Å².